The molecule has 1 aliphatic rings. The summed E-state index contributed by atoms with van der Waals surface area (Å²) in [5.41, 5.74) is -0.388. The molecule has 22 heavy (non-hydrogen) atoms. The van der Waals surface area contributed by atoms with Crippen LogP contribution in [0.2, 0.25) is 0 Å². The van der Waals surface area contributed by atoms with E-state index in [9.17, 15) is 13.6 Å². The highest BCUT2D eigenvalue weighted by molar-refractivity contribution is 5.97. The highest BCUT2D eigenvalue weighted by Crippen LogP contribution is 2.15. The first-order valence-electron chi connectivity index (χ1n) is 6.82. The third-order valence-electron chi connectivity index (χ3n) is 3.18. The van der Waals surface area contributed by atoms with Gasteiger partial charge in [-0.15, -0.1) is 0 Å². The van der Waals surface area contributed by atoms with Crippen molar-refractivity contribution in [1.29, 1.82) is 5.26 Å². The number of rotatable bonds is 5. The quantitative estimate of drug-likeness (QED) is 0.645. The molecule has 1 fully saturated rings. The molecule has 0 radical (unpaired) electrons. The molecule has 0 bridgehead atoms. The minimum absolute atomic E-state index is 0.0440. The Balaban J connectivity index is 1.96. The van der Waals surface area contributed by atoms with Crippen LogP contribution in [0.25, 0.3) is 0 Å². The first-order chi connectivity index (χ1) is 10.6. The van der Waals surface area contributed by atoms with Crippen molar-refractivity contribution in [3.8, 4) is 6.07 Å². The Hall–Kier alpha value is -2.46. The summed E-state index contributed by atoms with van der Waals surface area (Å²) in [6, 6.07) is 4.58. The van der Waals surface area contributed by atoms with E-state index in [4.69, 9.17) is 10.00 Å². The lowest BCUT2D eigenvalue weighted by molar-refractivity contribution is -0.117. The van der Waals surface area contributed by atoms with Gasteiger partial charge in [0.2, 0.25) is 0 Å². The second-order valence-corrected chi connectivity index (χ2v) is 4.78. The molecule has 2 N–H and O–H groups in total. The van der Waals surface area contributed by atoms with Crippen LogP contribution in [0.1, 0.15) is 12.8 Å². The Morgan fingerprint density at radius 3 is 3.00 bits per heavy atom. The fraction of sp³-hybridized carbons (Fsp3) is 0.333. The molecule has 2 rings (SSSR count). The molecule has 1 heterocycles. The van der Waals surface area contributed by atoms with Crippen molar-refractivity contribution < 1.29 is 18.3 Å². The summed E-state index contributed by atoms with van der Waals surface area (Å²) < 4.78 is 31.8. The zero-order valence-electron chi connectivity index (χ0n) is 11.7. The van der Waals surface area contributed by atoms with Gasteiger partial charge in [-0.25, -0.2) is 8.78 Å². The third-order valence-corrected chi connectivity index (χ3v) is 3.18. The van der Waals surface area contributed by atoms with E-state index in [2.05, 4.69) is 10.6 Å². The summed E-state index contributed by atoms with van der Waals surface area (Å²) in [6.07, 6.45) is 2.81. The minimum atomic E-state index is -0.685. The molecule has 1 amide bonds. The molecule has 0 saturated carbocycles. The van der Waals surface area contributed by atoms with Crippen molar-refractivity contribution in [2.75, 3.05) is 18.5 Å². The maximum absolute atomic E-state index is 13.4. The van der Waals surface area contributed by atoms with Gasteiger partial charge in [0.15, 0.2) is 0 Å². The number of amides is 1. The van der Waals surface area contributed by atoms with E-state index >= 15 is 0 Å². The Bertz CT molecular complexity index is 620. The van der Waals surface area contributed by atoms with Crippen LogP contribution in [-0.2, 0) is 9.53 Å². The van der Waals surface area contributed by atoms with Crippen molar-refractivity contribution in [3.63, 3.8) is 0 Å². The highest BCUT2D eigenvalue weighted by Gasteiger charge is 2.17. The van der Waals surface area contributed by atoms with Crippen molar-refractivity contribution >= 4 is 11.6 Å². The second kappa shape index (κ2) is 7.52. The molecule has 1 aromatic rings. The number of halogens is 2. The molecule has 1 aliphatic heterocycles. The summed E-state index contributed by atoms with van der Waals surface area (Å²) in [7, 11) is 0. The van der Waals surface area contributed by atoms with E-state index in [-0.39, 0.29) is 17.4 Å². The van der Waals surface area contributed by atoms with Gasteiger partial charge < -0.3 is 15.4 Å². The van der Waals surface area contributed by atoms with Crippen molar-refractivity contribution in [2.45, 2.75) is 18.9 Å². The van der Waals surface area contributed by atoms with Gasteiger partial charge in [-0.1, -0.05) is 0 Å². The van der Waals surface area contributed by atoms with Crippen LogP contribution in [0, 0.1) is 23.0 Å². The maximum Gasteiger partial charge on any atom is 0.263 e. The zero-order valence-corrected chi connectivity index (χ0v) is 11.7. The van der Waals surface area contributed by atoms with Crippen molar-refractivity contribution in [1.82, 2.24) is 5.32 Å². The van der Waals surface area contributed by atoms with Crippen LogP contribution < -0.4 is 10.6 Å². The molecule has 1 saturated heterocycles. The van der Waals surface area contributed by atoms with E-state index in [1.54, 1.807) is 6.07 Å². The van der Waals surface area contributed by atoms with Gasteiger partial charge in [0, 0.05) is 25.4 Å². The highest BCUT2D eigenvalue weighted by atomic mass is 19.1. The number of hydrogen-bond donors (Lipinski definition) is 2. The van der Waals surface area contributed by atoms with Gasteiger partial charge in [0.25, 0.3) is 5.91 Å². The Morgan fingerprint density at radius 1 is 1.50 bits per heavy atom. The fourth-order valence-electron chi connectivity index (χ4n) is 2.01. The summed E-state index contributed by atoms with van der Waals surface area (Å²) in [4.78, 5) is 11.8. The topological polar surface area (TPSA) is 74.2 Å². The number of anilines is 1. The molecular formula is C15H15F2N3O2. The third kappa shape index (κ3) is 4.27. The number of carbonyl (C=O) groups excluding carboxylic acids is 1. The molecule has 1 aromatic carbocycles. The van der Waals surface area contributed by atoms with Crippen LogP contribution in [0.15, 0.2) is 30.0 Å². The number of nitrogens with one attached hydrogen (secondary N) is 2. The fourth-order valence-corrected chi connectivity index (χ4v) is 2.01. The van der Waals surface area contributed by atoms with Gasteiger partial charge in [-0.3, -0.25) is 4.79 Å². The van der Waals surface area contributed by atoms with Crippen LogP contribution >= 0.6 is 0 Å². The predicted octanol–water partition coefficient (Wildman–Crippen LogP) is 2.08. The molecular weight excluding hydrogens is 292 g/mol. The Labute approximate surface area is 126 Å². The van der Waals surface area contributed by atoms with Gasteiger partial charge in [-0.2, -0.15) is 5.26 Å². The number of nitrogens with zero attached hydrogens (tertiary/aromatic N) is 1. The molecule has 116 valence electrons. The lowest BCUT2D eigenvalue weighted by Gasteiger charge is -2.10. The van der Waals surface area contributed by atoms with E-state index < -0.39 is 17.5 Å². The molecule has 1 unspecified atom stereocenters. The van der Waals surface area contributed by atoms with Crippen LogP contribution in [-0.4, -0.2) is 25.2 Å². The Morgan fingerprint density at radius 2 is 2.32 bits per heavy atom. The first kappa shape index (κ1) is 15.9. The van der Waals surface area contributed by atoms with Crippen molar-refractivity contribution in [3.05, 3.63) is 41.6 Å². The van der Waals surface area contributed by atoms with Crippen LogP contribution in [0.5, 0.6) is 0 Å². The largest absolute Gasteiger partial charge is 0.376 e. The average molecular weight is 307 g/mol. The van der Waals surface area contributed by atoms with Crippen LogP contribution in [0.4, 0.5) is 14.5 Å². The number of nitriles is 1. The van der Waals surface area contributed by atoms with E-state index in [1.165, 1.54) is 0 Å². The summed E-state index contributed by atoms with van der Waals surface area (Å²) >= 11 is 0. The SMILES string of the molecule is N#C/C(=C/Nc1cc(F)ccc1F)C(=O)NCC1CCCO1. The molecule has 0 aliphatic carbocycles. The molecule has 0 aromatic heterocycles. The van der Waals surface area contributed by atoms with Gasteiger partial charge in [0.1, 0.15) is 23.3 Å². The van der Waals surface area contributed by atoms with Crippen LogP contribution in [0.3, 0.4) is 0 Å². The normalized spacial score (nSPS) is 17.9. The number of ether oxygens (including phenoxy) is 1. The van der Waals surface area contributed by atoms with E-state index in [0.717, 1.165) is 37.2 Å². The number of benzene rings is 1. The number of hydrogen-bond acceptors (Lipinski definition) is 4. The van der Waals surface area contributed by atoms with Crippen molar-refractivity contribution in [2.24, 2.45) is 0 Å². The summed E-state index contributed by atoms with van der Waals surface area (Å²) in [6.45, 7) is 0.980. The number of carbonyl (C=O) groups is 1. The van der Waals surface area contributed by atoms with Gasteiger partial charge in [0.05, 0.1) is 11.8 Å². The summed E-state index contributed by atoms with van der Waals surface area (Å²) in [5.74, 6) is -1.91. The smallest absolute Gasteiger partial charge is 0.263 e. The first-order valence-corrected chi connectivity index (χ1v) is 6.82. The lowest BCUT2D eigenvalue weighted by atomic mass is 10.2. The maximum atomic E-state index is 13.4. The van der Waals surface area contributed by atoms with E-state index in [0.29, 0.717) is 13.2 Å². The molecule has 7 heteroatoms. The lowest BCUT2D eigenvalue weighted by Crippen LogP contribution is -2.32. The van der Waals surface area contributed by atoms with Gasteiger partial charge >= 0.3 is 0 Å². The van der Waals surface area contributed by atoms with E-state index in [1.807, 2.05) is 0 Å². The minimum Gasteiger partial charge on any atom is -0.376 e. The monoisotopic (exact) mass is 307 g/mol. The molecule has 1 atom stereocenters. The summed E-state index contributed by atoms with van der Waals surface area (Å²) in [5, 5.41) is 14.0. The Kier molecular flexibility index (Phi) is 5.44. The standard InChI is InChI=1S/C15H15F2N3O2/c16-11-3-4-13(17)14(6-11)19-8-10(7-18)15(21)20-9-12-2-1-5-22-12/h3-4,6,8,12,19H,1-2,5,9H2,(H,20,21)/b10-8-. The predicted molar refractivity (Wildman–Crippen MR) is 75.7 cm³/mol. The molecule has 0 spiro atoms. The van der Waals surface area contributed by atoms with Gasteiger partial charge in [-0.05, 0) is 25.0 Å². The average Bonchev–Trinajstić information content (AvgIpc) is 3.02. The molecule has 5 nitrogen and oxygen atoms in total. The zero-order chi connectivity index (χ0) is 15.9. The second-order valence-electron chi connectivity index (χ2n) is 4.78.